The third-order valence-electron chi connectivity index (χ3n) is 6.58. The van der Waals surface area contributed by atoms with Gasteiger partial charge in [0.15, 0.2) is 6.29 Å². The Morgan fingerprint density at radius 3 is 2.84 bits per heavy atom. The van der Waals surface area contributed by atoms with Gasteiger partial charge >= 0.3 is 6.09 Å². The number of rotatable bonds is 7. The molecule has 1 aliphatic carbocycles. The van der Waals surface area contributed by atoms with Gasteiger partial charge in [0.2, 0.25) is 0 Å². The van der Waals surface area contributed by atoms with E-state index in [9.17, 15) is 14.4 Å². The van der Waals surface area contributed by atoms with Crippen LogP contribution in [0.5, 0.6) is 5.88 Å². The van der Waals surface area contributed by atoms with E-state index in [4.69, 9.17) is 21.1 Å². The number of benzene rings is 1. The number of aryl methyl sites for hydroxylation is 1. The Labute approximate surface area is 189 Å². The number of nitrogens with one attached hydrogen (secondary N) is 1. The van der Waals surface area contributed by atoms with Crippen molar-refractivity contribution >= 4 is 29.9 Å². The number of aldehydes is 1. The number of carbonyl (C=O) groups is 3. The van der Waals surface area contributed by atoms with E-state index < -0.39 is 5.60 Å². The van der Waals surface area contributed by atoms with Gasteiger partial charge in [-0.05, 0) is 30.4 Å². The number of ether oxygens (including phenoxy) is 2. The minimum absolute atomic E-state index is 0.0104. The largest absolute Gasteiger partial charge is 0.468 e. The van der Waals surface area contributed by atoms with E-state index in [2.05, 4.69) is 10.4 Å². The van der Waals surface area contributed by atoms with E-state index in [1.54, 1.807) is 11.7 Å². The highest BCUT2D eigenvalue weighted by molar-refractivity contribution is 6.32. The highest BCUT2D eigenvalue weighted by atomic mass is 35.5. The van der Waals surface area contributed by atoms with Gasteiger partial charge in [0.1, 0.15) is 17.2 Å². The summed E-state index contributed by atoms with van der Waals surface area (Å²) in [6.45, 7) is 0.964. The number of aromatic nitrogens is 2. The summed E-state index contributed by atoms with van der Waals surface area (Å²) in [4.78, 5) is 37.2. The average Bonchev–Trinajstić information content (AvgIpc) is 3.36. The van der Waals surface area contributed by atoms with Crippen LogP contribution in [0, 0.1) is 5.92 Å². The molecule has 32 heavy (non-hydrogen) atoms. The molecule has 1 aromatic carbocycles. The molecular weight excluding hydrogens is 436 g/mol. The smallest absolute Gasteiger partial charge is 0.407 e. The van der Waals surface area contributed by atoms with Crippen LogP contribution in [0.4, 0.5) is 4.79 Å². The SMILES string of the molecule is Cn1nc(OCC=O)c(Cl)c1CC1c2ccccc2C(=O)N1CC1CC2(CNC(=O)O2)C1. The fraction of sp³-hybridized carbons (Fsp3) is 0.455. The first-order valence-corrected chi connectivity index (χ1v) is 10.9. The summed E-state index contributed by atoms with van der Waals surface area (Å²) in [7, 11) is 1.76. The van der Waals surface area contributed by atoms with Crippen LogP contribution in [0.1, 0.15) is 40.5 Å². The number of fused-ring (bicyclic) bond motifs is 1. The van der Waals surface area contributed by atoms with Gasteiger partial charge in [-0.15, -0.1) is 5.10 Å². The van der Waals surface area contributed by atoms with Crippen molar-refractivity contribution < 1.29 is 23.9 Å². The van der Waals surface area contributed by atoms with Gasteiger partial charge in [0.05, 0.1) is 18.3 Å². The van der Waals surface area contributed by atoms with Crippen molar-refractivity contribution in [3.05, 3.63) is 46.1 Å². The molecule has 0 bridgehead atoms. The van der Waals surface area contributed by atoms with Gasteiger partial charge in [-0.3, -0.25) is 14.3 Å². The summed E-state index contributed by atoms with van der Waals surface area (Å²) in [5, 5.41) is 7.34. The highest BCUT2D eigenvalue weighted by Crippen LogP contribution is 2.46. The Balaban J connectivity index is 1.38. The third kappa shape index (κ3) is 3.40. The first-order valence-electron chi connectivity index (χ1n) is 10.6. The summed E-state index contributed by atoms with van der Waals surface area (Å²) in [6.07, 6.45) is 2.19. The van der Waals surface area contributed by atoms with E-state index in [-0.39, 0.29) is 36.4 Å². The number of halogens is 1. The zero-order valence-electron chi connectivity index (χ0n) is 17.5. The monoisotopic (exact) mass is 458 g/mol. The first-order chi connectivity index (χ1) is 15.4. The Bertz CT molecular complexity index is 1090. The van der Waals surface area contributed by atoms with E-state index in [1.165, 1.54) is 0 Å². The second-order valence-corrected chi connectivity index (χ2v) is 9.01. The zero-order chi connectivity index (χ0) is 22.5. The average molecular weight is 459 g/mol. The Kier molecular flexibility index (Phi) is 5.08. The topological polar surface area (TPSA) is 103 Å². The van der Waals surface area contributed by atoms with Crippen molar-refractivity contribution in [2.45, 2.75) is 30.9 Å². The molecule has 9 nitrogen and oxygen atoms in total. The second kappa shape index (κ2) is 7.81. The Hall–Kier alpha value is -3.07. The lowest BCUT2D eigenvalue weighted by atomic mass is 9.70. The number of hydrogen-bond donors (Lipinski definition) is 1. The second-order valence-electron chi connectivity index (χ2n) is 8.63. The summed E-state index contributed by atoms with van der Waals surface area (Å²) >= 11 is 6.51. The van der Waals surface area contributed by atoms with Crippen LogP contribution in [-0.4, -0.2) is 58.3 Å². The lowest BCUT2D eigenvalue weighted by Crippen LogP contribution is -2.51. The molecule has 1 aromatic heterocycles. The summed E-state index contributed by atoms with van der Waals surface area (Å²) in [5.74, 6) is 0.442. The molecule has 5 rings (SSSR count). The van der Waals surface area contributed by atoms with Gasteiger partial charge < -0.3 is 19.7 Å². The maximum Gasteiger partial charge on any atom is 0.407 e. The summed E-state index contributed by atoms with van der Waals surface area (Å²) in [6, 6.07) is 7.40. The minimum atomic E-state index is -0.428. The molecular formula is C22H23ClN4O5. The van der Waals surface area contributed by atoms with Gasteiger partial charge in [-0.2, -0.15) is 0 Å². The summed E-state index contributed by atoms with van der Waals surface area (Å²) in [5.41, 5.74) is 1.94. The molecule has 168 valence electrons. The standard InChI is InChI=1S/C22H23ClN4O5/c1-26-17(18(23)19(25-26)31-7-6-28)8-16-14-4-2-3-5-15(14)20(29)27(16)11-13-9-22(10-13)12-24-21(30)32-22/h2-6,13,16H,7-12H2,1H3,(H,24,30). The van der Waals surface area contributed by atoms with Gasteiger partial charge in [0, 0.05) is 25.6 Å². The predicted octanol–water partition coefficient (Wildman–Crippen LogP) is 2.28. The van der Waals surface area contributed by atoms with Crippen molar-refractivity contribution in [3.8, 4) is 5.88 Å². The van der Waals surface area contributed by atoms with Crippen LogP contribution >= 0.6 is 11.6 Å². The van der Waals surface area contributed by atoms with Crippen molar-refractivity contribution in [2.75, 3.05) is 19.7 Å². The van der Waals surface area contributed by atoms with E-state index >= 15 is 0 Å². The molecule has 1 N–H and O–H groups in total. The van der Waals surface area contributed by atoms with Gasteiger partial charge in [-0.1, -0.05) is 29.8 Å². The molecule has 1 spiro atoms. The molecule has 2 amide bonds. The summed E-state index contributed by atoms with van der Waals surface area (Å²) < 4.78 is 12.4. The molecule has 0 radical (unpaired) electrons. The molecule has 3 aliphatic rings. The highest BCUT2D eigenvalue weighted by Gasteiger charge is 2.52. The number of alkyl carbamates (subject to hydrolysis) is 1. The van der Waals surface area contributed by atoms with Crippen LogP contribution < -0.4 is 10.1 Å². The van der Waals surface area contributed by atoms with Crippen molar-refractivity contribution in [3.63, 3.8) is 0 Å². The van der Waals surface area contributed by atoms with Crippen molar-refractivity contribution in [1.82, 2.24) is 20.0 Å². The zero-order valence-corrected chi connectivity index (χ0v) is 18.3. The molecule has 2 aliphatic heterocycles. The van der Waals surface area contributed by atoms with Crippen LogP contribution in [0.2, 0.25) is 5.02 Å². The number of hydrogen-bond acceptors (Lipinski definition) is 6. The van der Waals surface area contributed by atoms with Crippen LogP contribution in [-0.2, 0) is 23.0 Å². The molecule has 3 heterocycles. The normalized spacial score (nSPS) is 26.0. The van der Waals surface area contributed by atoms with E-state index in [0.29, 0.717) is 36.4 Å². The molecule has 1 atom stereocenters. The van der Waals surface area contributed by atoms with Crippen molar-refractivity contribution in [1.29, 1.82) is 0 Å². The molecule has 1 saturated carbocycles. The van der Waals surface area contributed by atoms with Gasteiger partial charge in [-0.25, -0.2) is 4.79 Å². The molecule has 10 heteroatoms. The van der Waals surface area contributed by atoms with Crippen molar-refractivity contribution in [2.24, 2.45) is 13.0 Å². The fourth-order valence-electron chi connectivity index (χ4n) is 5.12. The quantitative estimate of drug-likeness (QED) is 0.638. The lowest BCUT2D eigenvalue weighted by Gasteiger charge is -2.44. The van der Waals surface area contributed by atoms with E-state index in [0.717, 1.165) is 24.1 Å². The van der Waals surface area contributed by atoms with E-state index in [1.807, 2.05) is 29.2 Å². The molecule has 1 saturated heterocycles. The maximum atomic E-state index is 13.3. The third-order valence-corrected chi connectivity index (χ3v) is 6.95. The van der Waals surface area contributed by atoms with Crippen LogP contribution in [0.25, 0.3) is 0 Å². The number of nitrogens with zero attached hydrogens (tertiary/aromatic N) is 3. The minimum Gasteiger partial charge on any atom is -0.468 e. The maximum absolute atomic E-state index is 13.3. The Morgan fingerprint density at radius 2 is 2.12 bits per heavy atom. The lowest BCUT2D eigenvalue weighted by molar-refractivity contribution is -0.109. The Morgan fingerprint density at radius 1 is 1.34 bits per heavy atom. The number of carbonyl (C=O) groups excluding carboxylic acids is 3. The van der Waals surface area contributed by atoms with Gasteiger partial charge in [0.25, 0.3) is 11.8 Å². The number of amides is 2. The first kappa shape index (κ1) is 20.8. The fourth-order valence-corrected chi connectivity index (χ4v) is 5.41. The molecule has 2 aromatic rings. The predicted molar refractivity (Wildman–Crippen MR) is 114 cm³/mol. The van der Waals surface area contributed by atoms with Crippen LogP contribution in [0.15, 0.2) is 24.3 Å². The van der Waals surface area contributed by atoms with Crippen LogP contribution in [0.3, 0.4) is 0 Å². The molecule has 2 fully saturated rings. The molecule has 1 unspecified atom stereocenters.